The number of hydrogen-bond donors (Lipinski definition) is 0. The summed E-state index contributed by atoms with van der Waals surface area (Å²) in [6.45, 7) is 1.72. The Labute approximate surface area is 141 Å². The van der Waals surface area contributed by atoms with Crippen LogP contribution in [-0.2, 0) is 16.2 Å². The lowest BCUT2D eigenvalue weighted by Crippen LogP contribution is -2.05. The molecule has 0 aliphatic carbocycles. The number of nitrogens with zero attached hydrogens (tertiary/aromatic N) is 5. The standard InChI is InChI=1S/C15H15F2N5O3/c1-8-11(14-19-13(12(16)17)20-22(14)7-24-2)18-10-6-9(15(23)25-3)4-5-21(8)10/h4-6,12H,7H2,1-3H3. The van der Waals surface area contributed by atoms with Gasteiger partial charge in [0.25, 0.3) is 6.43 Å². The van der Waals surface area contributed by atoms with Gasteiger partial charge in [0.15, 0.2) is 5.82 Å². The molecule has 0 aromatic carbocycles. The van der Waals surface area contributed by atoms with Gasteiger partial charge in [-0.15, -0.1) is 5.10 Å². The molecule has 0 N–H and O–H groups in total. The summed E-state index contributed by atoms with van der Waals surface area (Å²) in [4.78, 5) is 19.9. The number of alkyl halides is 2. The van der Waals surface area contributed by atoms with Crippen molar-refractivity contribution in [3.05, 3.63) is 35.4 Å². The minimum absolute atomic E-state index is 0.0459. The molecule has 0 aliphatic heterocycles. The first-order valence-electron chi connectivity index (χ1n) is 7.25. The zero-order valence-electron chi connectivity index (χ0n) is 13.7. The first kappa shape index (κ1) is 17.0. The van der Waals surface area contributed by atoms with Crippen molar-refractivity contribution in [1.29, 1.82) is 0 Å². The topological polar surface area (TPSA) is 83.5 Å². The molecule has 0 atom stereocenters. The maximum absolute atomic E-state index is 12.9. The van der Waals surface area contributed by atoms with Crippen molar-refractivity contribution in [1.82, 2.24) is 24.1 Å². The van der Waals surface area contributed by atoms with E-state index in [-0.39, 0.29) is 12.6 Å². The van der Waals surface area contributed by atoms with E-state index in [1.54, 1.807) is 29.7 Å². The maximum Gasteiger partial charge on any atom is 0.338 e. The first-order valence-corrected chi connectivity index (χ1v) is 7.25. The first-order chi connectivity index (χ1) is 12.0. The molecular weight excluding hydrogens is 336 g/mol. The number of rotatable bonds is 5. The van der Waals surface area contributed by atoms with Crippen LogP contribution in [0.2, 0.25) is 0 Å². The average Bonchev–Trinajstić information content (AvgIpc) is 3.15. The van der Waals surface area contributed by atoms with E-state index in [1.165, 1.54) is 18.9 Å². The molecule has 0 amide bonds. The van der Waals surface area contributed by atoms with E-state index in [2.05, 4.69) is 19.8 Å². The largest absolute Gasteiger partial charge is 0.465 e. The highest BCUT2D eigenvalue weighted by Crippen LogP contribution is 2.25. The number of ether oxygens (including phenoxy) is 2. The van der Waals surface area contributed by atoms with Crippen LogP contribution >= 0.6 is 0 Å². The number of pyridine rings is 1. The van der Waals surface area contributed by atoms with E-state index in [4.69, 9.17) is 4.74 Å². The molecule has 0 saturated heterocycles. The third-order valence-corrected chi connectivity index (χ3v) is 3.63. The number of carbonyl (C=O) groups excluding carboxylic acids is 1. The van der Waals surface area contributed by atoms with Crippen molar-refractivity contribution in [2.75, 3.05) is 14.2 Å². The molecule has 8 nitrogen and oxygen atoms in total. The maximum atomic E-state index is 12.9. The monoisotopic (exact) mass is 351 g/mol. The number of imidazole rings is 1. The highest BCUT2D eigenvalue weighted by Gasteiger charge is 2.22. The second kappa shape index (κ2) is 6.55. The Bertz CT molecular complexity index is 935. The van der Waals surface area contributed by atoms with Crippen molar-refractivity contribution >= 4 is 11.6 Å². The van der Waals surface area contributed by atoms with Crippen LogP contribution in [0.3, 0.4) is 0 Å². The number of carbonyl (C=O) groups is 1. The summed E-state index contributed by atoms with van der Waals surface area (Å²) in [5.74, 6) is -0.927. The summed E-state index contributed by atoms with van der Waals surface area (Å²) < 4.78 is 38.5. The smallest absolute Gasteiger partial charge is 0.338 e. The number of fused-ring (bicyclic) bond motifs is 1. The van der Waals surface area contributed by atoms with Crippen LogP contribution in [0, 0.1) is 6.92 Å². The Morgan fingerprint density at radius 3 is 2.72 bits per heavy atom. The number of halogens is 2. The third kappa shape index (κ3) is 2.95. The quantitative estimate of drug-likeness (QED) is 0.656. The van der Waals surface area contributed by atoms with Crippen molar-refractivity contribution in [3.8, 4) is 11.5 Å². The van der Waals surface area contributed by atoms with Gasteiger partial charge in [0.1, 0.15) is 18.1 Å². The summed E-state index contributed by atoms with van der Waals surface area (Å²) in [5.41, 5.74) is 1.83. The van der Waals surface area contributed by atoms with Gasteiger partial charge in [0.05, 0.1) is 18.4 Å². The number of methoxy groups -OCH3 is 2. The summed E-state index contributed by atoms with van der Waals surface area (Å²) >= 11 is 0. The van der Waals surface area contributed by atoms with Gasteiger partial charge >= 0.3 is 5.97 Å². The van der Waals surface area contributed by atoms with Gasteiger partial charge in [-0.25, -0.2) is 28.2 Å². The number of aromatic nitrogens is 5. The Morgan fingerprint density at radius 2 is 2.08 bits per heavy atom. The van der Waals surface area contributed by atoms with Crippen molar-refractivity contribution in [2.24, 2.45) is 0 Å². The zero-order valence-corrected chi connectivity index (χ0v) is 13.7. The zero-order chi connectivity index (χ0) is 18.1. The van der Waals surface area contributed by atoms with Crippen LogP contribution in [0.5, 0.6) is 0 Å². The van der Waals surface area contributed by atoms with E-state index in [0.717, 1.165) is 0 Å². The molecule has 25 heavy (non-hydrogen) atoms. The minimum atomic E-state index is -2.81. The molecule has 0 fully saturated rings. The van der Waals surface area contributed by atoms with Crippen molar-refractivity contribution in [3.63, 3.8) is 0 Å². The normalized spacial score (nSPS) is 11.4. The molecule has 10 heteroatoms. The second-order valence-corrected chi connectivity index (χ2v) is 5.19. The lowest BCUT2D eigenvalue weighted by molar-refractivity contribution is 0.0600. The number of aryl methyl sites for hydroxylation is 1. The average molecular weight is 351 g/mol. The Hall–Kier alpha value is -2.88. The van der Waals surface area contributed by atoms with Crippen LogP contribution in [-0.4, -0.2) is 44.3 Å². The van der Waals surface area contributed by atoms with E-state index >= 15 is 0 Å². The van der Waals surface area contributed by atoms with Crippen LogP contribution in [0.1, 0.15) is 28.3 Å². The van der Waals surface area contributed by atoms with Gasteiger partial charge in [-0.3, -0.25) is 0 Å². The molecule has 3 aromatic heterocycles. The number of hydrogen-bond acceptors (Lipinski definition) is 6. The van der Waals surface area contributed by atoms with Crippen molar-refractivity contribution in [2.45, 2.75) is 20.1 Å². The van der Waals surface area contributed by atoms with Gasteiger partial charge in [-0.05, 0) is 19.1 Å². The van der Waals surface area contributed by atoms with E-state index in [1.807, 2.05) is 0 Å². The van der Waals surface area contributed by atoms with Gasteiger partial charge in [0.2, 0.25) is 5.82 Å². The van der Waals surface area contributed by atoms with E-state index in [9.17, 15) is 13.6 Å². The van der Waals surface area contributed by atoms with E-state index < -0.39 is 18.2 Å². The summed E-state index contributed by atoms with van der Waals surface area (Å²) in [7, 11) is 2.71. The molecule has 132 valence electrons. The van der Waals surface area contributed by atoms with Crippen molar-refractivity contribution < 1.29 is 23.0 Å². The van der Waals surface area contributed by atoms with Gasteiger partial charge in [-0.2, -0.15) is 0 Å². The molecule has 0 aliphatic rings. The Morgan fingerprint density at radius 1 is 1.32 bits per heavy atom. The fourth-order valence-electron chi connectivity index (χ4n) is 2.46. The molecule has 3 aromatic rings. The summed E-state index contributed by atoms with van der Waals surface area (Å²) in [5, 5.41) is 3.75. The van der Waals surface area contributed by atoms with E-state index in [0.29, 0.717) is 22.6 Å². The summed E-state index contributed by atoms with van der Waals surface area (Å²) in [6.07, 6.45) is -1.15. The fraction of sp³-hybridized carbons (Fsp3) is 0.333. The predicted molar refractivity (Wildman–Crippen MR) is 82.3 cm³/mol. The van der Waals surface area contributed by atoms with Gasteiger partial charge in [-0.1, -0.05) is 0 Å². The highest BCUT2D eigenvalue weighted by molar-refractivity contribution is 5.90. The molecule has 3 heterocycles. The molecule has 0 radical (unpaired) electrons. The SMILES string of the molecule is COCn1nc(C(F)F)nc1-c1nc2cc(C(=O)OC)ccn2c1C. The molecule has 0 bridgehead atoms. The minimum Gasteiger partial charge on any atom is -0.465 e. The Balaban J connectivity index is 2.15. The van der Waals surface area contributed by atoms with Crippen LogP contribution in [0.15, 0.2) is 18.3 Å². The molecule has 0 unspecified atom stereocenters. The highest BCUT2D eigenvalue weighted by atomic mass is 19.3. The fourth-order valence-corrected chi connectivity index (χ4v) is 2.46. The molecule has 3 rings (SSSR count). The van der Waals surface area contributed by atoms with Crippen LogP contribution < -0.4 is 0 Å². The van der Waals surface area contributed by atoms with Crippen LogP contribution in [0.4, 0.5) is 8.78 Å². The van der Waals surface area contributed by atoms with Crippen LogP contribution in [0.25, 0.3) is 17.2 Å². The van der Waals surface area contributed by atoms with Gasteiger partial charge in [0, 0.05) is 13.3 Å². The number of esters is 1. The predicted octanol–water partition coefficient (Wildman–Crippen LogP) is 2.23. The second-order valence-electron chi connectivity index (χ2n) is 5.19. The van der Waals surface area contributed by atoms with Gasteiger partial charge < -0.3 is 13.9 Å². The lowest BCUT2D eigenvalue weighted by atomic mass is 10.2. The lowest BCUT2D eigenvalue weighted by Gasteiger charge is -2.03. The summed E-state index contributed by atoms with van der Waals surface area (Å²) in [6, 6.07) is 3.13. The molecule has 0 saturated carbocycles. The Kier molecular flexibility index (Phi) is 4.45. The molecular formula is C15H15F2N5O3. The molecule has 0 spiro atoms. The third-order valence-electron chi connectivity index (χ3n) is 3.63.